The molecule has 0 spiro atoms. The number of aromatic hydroxyl groups is 1. The normalized spacial score (nSPS) is 10.9. The number of fused-ring (bicyclic) bond motifs is 1. The molecule has 1 heterocycles. The summed E-state index contributed by atoms with van der Waals surface area (Å²) in [5.74, 6) is 0.152. The lowest BCUT2D eigenvalue weighted by Crippen LogP contribution is -2.06. The lowest BCUT2D eigenvalue weighted by atomic mass is 10.0. The smallest absolute Gasteiger partial charge is 0.336 e. The van der Waals surface area contributed by atoms with Gasteiger partial charge in [0.1, 0.15) is 11.3 Å². The minimum absolute atomic E-state index is 0.152. The summed E-state index contributed by atoms with van der Waals surface area (Å²) in [6.07, 6.45) is 0. The maximum atomic E-state index is 12.0. The molecule has 0 aliphatic rings. The number of nitrogens with one attached hydrogen (secondary N) is 1. The minimum atomic E-state index is -0.409. The second-order valence-electron chi connectivity index (χ2n) is 6.54. The number of phenols is 1. The zero-order valence-electron chi connectivity index (χ0n) is 14.9. The quantitative estimate of drug-likeness (QED) is 0.500. The monoisotopic (exact) mass is 357 g/mol. The molecular formula is C23H19NO3. The Morgan fingerprint density at radius 2 is 1.70 bits per heavy atom. The van der Waals surface area contributed by atoms with Gasteiger partial charge in [0.15, 0.2) is 0 Å². The molecule has 2 N–H and O–H groups in total. The van der Waals surface area contributed by atoms with E-state index in [0.717, 1.165) is 16.8 Å². The maximum absolute atomic E-state index is 12.0. The molecule has 0 saturated carbocycles. The fraction of sp³-hybridized carbons (Fsp3) is 0.0870. The van der Waals surface area contributed by atoms with Gasteiger partial charge in [-0.15, -0.1) is 0 Å². The van der Waals surface area contributed by atoms with Crippen LogP contribution in [0.4, 0.5) is 5.69 Å². The van der Waals surface area contributed by atoms with Crippen LogP contribution in [0, 0.1) is 6.92 Å². The highest BCUT2D eigenvalue weighted by atomic mass is 16.4. The van der Waals surface area contributed by atoms with Crippen LogP contribution in [-0.4, -0.2) is 5.11 Å². The van der Waals surface area contributed by atoms with Crippen molar-refractivity contribution in [3.05, 3.63) is 94.3 Å². The van der Waals surface area contributed by atoms with Crippen LogP contribution >= 0.6 is 0 Å². The predicted molar refractivity (Wildman–Crippen MR) is 108 cm³/mol. The Bertz CT molecular complexity index is 1150. The summed E-state index contributed by atoms with van der Waals surface area (Å²) >= 11 is 0. The van der Waals surface area contributed by atoms with E-state index in [4.69, 9.17) is 4.42 Å². The number of benzene rings is 3. The Morgan fingerprint density at radius 3 is 2.44 bits per heavy atom. The standard InChI is InChI=1S/C23H19NO3/c1-15-7-9-18(10-8-15)24-14-17-11-23(26)27-22-13-19(21(25)12-20(17)22)16-5-3-2-4-6-16/h2-13,24-25H,14H2,1H3. The molecule has 27 heavy (non-hydrogen) atoms. The molecule has 0 unspecified atom stereocenters. The summed E-state index contributed by atoms with van der Waals surface area (Å²) in [4.78, 5) is 12.0. The van der Waals surface area contributed by atoms with E-state index in [1.807, 2.05) is 61.5 Å². The van der Waals surface area contributed by atoms with Crippen LogP contribution in [-0.2, 0) is 6.54 Å². The topological polar surface area (TPSA) is 62.5 Å². The van der Waals surface area contributed by atoms with Gasteiger partial charge in [0.2, 0.25) is 0 Å². The first-order valence-electron chi connectivity index (χ1n) is 8.76. The van der Waals surface area contributed by atoms with Crippen LogP contribution in [0.25, 0.3) is 22.1 Å². The lowest BCUT2D eigenvalue weighted by Gasteiger charge is -2.11. The first-order chi connectivity index (χ1) is 13.1. The van der Waals surface area contributed by atoms with Gasteiger partial charge in [-0.05, 0) is 42.3 Å². The van der Waals surface area contributed by atoms with E-state index < -0.39 is 5.63 Å². The van der Waals surface area contributed by atoms with Gasteiger partial charge < -0.3 is 14.8 Å². The fourth-order valence-electron chi connectivity index (χ4n) is 3.13. The number of aryl methyl sites for hydroxylation is 1. The van der Waals surface area contributed by atoms with Crippen molar-refractivity contribution < 1.29 is 9.52 Å². The maximum Gasteiger partial charge on any atom is 0.336 e. The minimum Gasteiger partial charge on any atom is -0.507 e. The molecule has 4 nitrogen and oxygen atoms in total. The predicted octanol–water partition coefficient (Wildman–Crippen LogP) is 5.09. The second kappa shape index (κ2) is 7.00. The number of hydrogen-bond donors (Lipinski definition) is 2. The highest BCUT2D eigenvalue weighted by molar-refractivity contribution is 5.89. The van der Waals surface area contributed by atoms with E-state index in [2.05, 4.69) is 5.32 Å². The molecule has 3 aromatic carbocycles. The van der Waals surface area contributed by atoms with Crippen LogP contribution in [0.5, 0.6) is 5.75 Å². The summed E-state index contributed by atoms with van der Waals surface area (Å²) in [7, 11) is 0. The van der Waals surface area contributed by atoms with E-state index in [-0.39, 0.29) is 5.75 Å². The molecule has 0 radical (unpaired) electrons. The molecule has 0 fully saturated rings. The molecule has 4 aromatic rings. The van der Waals surface area contributed by atoms with Crippen LogP contribution < -0.4 is 10.9 Å². The average molecular weight is 357 g/mol. The molecule has 0 atom stereocenters. The molecule has 0 amide bonds. The third-order valence-electron chi connectivity index (χ3n) is 4.57. The van der Waals surface area contributed by atoms with E-state index in [0.29, 0.717) is 23.1 Å². The van der Waals surface area contributed by atoms with Crippen molar-refractivity contribution in [3.8, 4) is 16.9 Å². The third-order valence-corrected chi connectivity index (χ3v) is 4.57. The van der Waals surface area contributed by atoms with Crippen molar-refractivity contribution in [2.75, 3.05) is 5.32 Å². The Morgan fingerprint density at radius 1 is 0.963 bits per heavy atom. The van der Waals surface area contributed by atoms with Crippen LogP contribution in [0.3, 0.4) is 0 Å². The van der Waals surface area contributed by atoms with Crippen molar-refractivity contribution in [2.45, 2.75) is 13.5 Å². The van der Waals surface area contributed by atoms with E-state index in [9.17, 15) is 9.90 Å². The molecule has 4 rings (SSSR count). The van der Waals surface area contributed by atoms with Crippen LogP contribution in [0.2, 0.25) is 0 Å². The Hall–Kier alpha value is -3.53. The largest absolute Gasteiger partial charge is 0.507 e. The Kier molecular flexibility index (Phi) is 4.38. The average Bonchev–Trinajstić information content (AvgIpc) is 2.68. The number of phenolic OH excluding ortho intramolecular Hbond substituents is 1. The number of rotatable bonds is 4. The van der Waals surface area contributed by atoms with Gasteiger partial charge in [0.25, 0.3) is 0 Å². The van der Waals surface area contributed by atoms with Gasteiger partial charge in [0.05, 0.1) is 0 Å². The van der Waals surface area contributed by atoms with Crippen molar-refractivity contribution in [1.29, 1.82) is 0 Å². The van der Waals surface area contributed by atoms with Crippen molar-refractivity contribution in [3.63, 3.8) is 0 Å². The summed E-state index contributed by atoms with van der Waals surface area (Å²) < 4.78 is 5.39. The number of hydrogen-bond acceptors (Lipinski definition) is 4. The first-order valence-corrected chi connectivity index (χ1v) is 8.76. The van der Waals surface area contributed by atoms with E-state index >= 15 is 0 Å². The highest BCUT2D eigenvalue weighted by Gasteiger charge is 2.12. The summed E-state index contributed by atoms with van der Waals surface area (Å²) in [6, 6.07) is 22.4. The lowest BCUT2D eigenvalue weighted by molar-refractivity contribution is 0.477. The van der Waals surface area contributed by atoms with Gasteiger partial charge >= 0.3 is 5.63 Å². The first kappa shape index (κ1) is 16.9. The molecule has 134 valence electrons. The van der Waals surface area contributed by atoms with Crippen molar-refractivity contribution in [1.82, 2.24) is 0 Å². The SMILES string of the molecule is Cc1ccc(NCc2cc(=O)oc3cc(-c4ccccc4)c(O)cc23)cc1. The van der Waals surface area contributed by atoms with Gasteiger partial charge in [-0.25, -0.2) is 4.79 Å². The van der Waals surface area contributed by atoms with E-state index in [1.165, 1.54) is 11.6 Å². The van der Waals surface area contributed by atoms with Crippen molar-refractivity contribution in [2.24, 2.45) is 0 Å². The Balaban J connectivity index is 1.74. The molecule has 0 aliphatic heterocycles. The summed E-state index contributed by atoms with van der Waals surface area (Å²) in [5.41, 5.74) is 4.47. The summed E-state index contributed by atoms with van der Waals surface area (Å²) in [6.45, 7) is 2.49. The summed E-state index contributed by atoms with van der Waals surface area (Å²) in [5, 5.41) is 14.6. The second-order valence-corrected chi connectivity index (χ2v) is 6.54. The van der Waals surface area contributed by atoms with Crippen LogP contribution in [0.1, 0.15) is 11.1 Å². The van der Waals surface area contributed by atoms with Crippen molar-refractivity contribution >= 4 is 16.7 Å². The van der Waals surface area contributed by atoms with Crippen LogP contribution in [0.15, 0.2) is 82.0 Å². The fourth-order valence-corrected chi connectivity index (χ4v) is 3.13. The van der Waals surface area contributed by atoms with Gasteiger partial charge in [-0.1, -0.05) is 48.0 Å². The van der Waals surface area contributed by atoms with Gasteiger partial charge in [-0.2, -0.15) is 0 Å². The molecule has 0 aliphatic carbocycles. The molecular weight excluding hydrogens is 338 g/mol. The molecule has 0 bridgehead atoms. The third kappa shape index (κ3) is 3.55. The molecule has 4 heteroatoms. The zero-order chi connectivity index (χ0) is 18.8. The van der Waals surface area contributed by atoms with Gasteiger partial charge in [-0.3, -0.25) is 0 Å². The molecule has 1 aromatic heterocycles. The van der Waals surface area contributed by atoms with E-state index in [1.54, 1.807) is 12.1 Å². The molecule has 0 saturated heterocycles. The highest BCUT2D eigenvalue weighted by Crippen LogP contribution is 2.34. The Labute approximate surface area is 156 Å². The zero-order valence-corrected chi connectivity index (χ0v) is 14.9. The number of anilines is 1. The van der Waals surface area contributed by atoms with Gasteiger partial charge in [0, 0.05) is 29.2 Å².